The molecule has 1 fully saturated rings. The number of carbonyl (C=O) groups is 2. The molecule has 8 heteroatoms. The summed E-state index contributed by atoms with van der Waals surface area (Å²) in [5.41, 5.74) is 1.17. The van der Waals surface area contributed by atoms with Crippen molar-refractivity contribution < 1.29 is 29.3 Å². The second-order valence-corrected chi connectivity index (χ2v) is 6.35. The van der Waals surface area contributed by atoms with Crippen LogP contribution in [0.1, 0.15) is 31.2 Å². The number of rotatable bonds is 8. The Morgan fingerprint density at radius 1 is 1.31 bits per heavy atom. The SMILES string of the molecule is Cc1ccc(Cl)c(OCCCCNCC2CCCO2)c1.O=C(O)C(=O)O. The number of nitrogens with one attached hydrogen (secondary N) is 1. The van der Waals surface area contributed by atoms with Crippen molar-refractivity contribution in [2.45, 2.75) is 38.7 Å². The van der Waals surface area contributed by atoms with Gasteiger partial charge in [0.15, 0.2) is 0 Å². The van der Waals surface area contributed by atoms with Gasteiger partial charge in [-0.1, -0.05) is 17.7 Å². The maximum atomic E-state index is 9.10. The Morgan fingerprint density at radius 2 is 2.04 bits per heavy atom. The van der Waals surface area contributed by atoms with Gasteiger partial charge in [0.05, 0.1) is 17.7 Å². The van der Waals surface area contributed by atoms with E-state index in [4.69, 9.17) is 40.9 Å². The van der Waals surface area contributed by atoms with Crippen molar-refractivity contribution in [3.8, 4) is 5.75 Å². The van der Waals surface area contributed by atoms with Crippen LogP contribution in [-0.4, -0.2) is 54.6 Å². The fourth-order valence-corrected chi connectivity index (χ4v) is 2.50. The number of aliphatic carboxylic acids is 2. The normalized spacial score (nSPS) is 15.8. The lowest BCUT2D eigenvalue weighted by Gasteiger charge is -2.11. The molecule has 1 aromatic carbocycles. The molecule has 0 amide bonds. The van der Waals surface area contributed by atoms with Crippen molar-refractivity contribution in [3.63, 3.8) is 0 Å². The van der Waals surface area contributed by atoms with Crippen LogP contribution in [0.3, 0.4) is 0 Å². The average molecular weight is 388 g/mol. The third-order valence-electron chi connectivity index (χ3n) is 3.67. The zero-order valence-corrected chi connectivity index (χ0v) is 15.6. The van der Waals surface area contributed by atoms with E-state index in [-0.39, 0.29) is 0 Å². The van der Waals surface area contributed by atoms with Crippen LogP contribution in [0.25, 0.3) is 0 Å². The lowest BCUT2D eigenvalue weighted by Crippen LogP contribution is -2.27. The van der Waals surface area contributed by atoms with E-state index in [0.717, 1.165) is 38.3 Å². The van der Waals surface area contributed by atoms with E-state index in [1.807, 2.05) is 25.1 Å². The molecule has 7 nitrogen and oxygen atoms in total. The summed E-state index contributed by atoms with van der Waals surface area (Å²) in [5, 5.41) is 18.9. The number of hydrogen-bond acceptors (Lipinski definition) is 5. The minimum absolute atomic E-state index is 0.428. The summed E-state index contributed by atoms with van der Waals surface area (Å²) in [5.74, 6) is -2.86. The summed E-state index contributed by atoms with van der Waals surface area (Å²) in [6, 6.07) is 5.86. The number of aryl methyl sites for hydroxylation is 1. The highest BCUT2D eigenvalue weighted by Crippen LogP contribution is 2.25. The van der Waals surface area contributed by atoms with Gasteiger partial charge in [-0.2, -0.15) is 0 Å². The van der Waals surface area contributed by atoms with Gasteiger partial charge < -0.3 is 25.0 Å². The molecule has 1 aliphatic rings. The van der Waals surface area contributed by atoms with Crippen molar-refractivity contribution in [3.05, 3.63) is 28.8 Å². The summed E-state index contributed by atoms with van der Waals surface area (Å²) in [6.07, 6.45) is 4.97. The summed E-state index contributed by atoms with van der Waals surface area (Å²) in [7, 11) is 0. The van der Waals surface area contributed by atoms with E-state index in [2.05, 4.69) is 5.32 Å². The van der Waals surface area contributed by atoms with Gasteiger partial charge in [-0.3, -0.25) is 0 Å². The summed E-state index contributed by atoms with van der Waals surface area (Å²) in [6.45, 7) is 5.68. The largest absolute Gasteiger partial charge is 0.492 e. The third-order valence-corrected chi connectivity index (χ3v) is 3.98. The molecule has 0 bridgehead atoms. The fraction of sp³-hybridized carbons (Fsp3) is 0.556. The van der Waals surface area contributed by atoms with Crippen LogP contribution in [0, 0.1) is 6.92 Å². The minimum atomic E-state index is -1.82. The molecule has 0 radical (unpaired) electrons. The Kier molecular flexibility index (Phi) is 10.7. The topological polar surface area (TPSA) is 105 Å². The fourth-order valence-electron chi connectivity index (χ4n) is 2.32. The molecule has 0 aromatic heterocycles. The van der Waals surface area contributed by atoms with Crippen molar-refractivity contribution in [2.24, 2.45) is 0 Å². The monoisotopic (exact) mass is 387 g/mol. The quantitative estimate of drug-likeness (QED) is 0.465. The minimum Gasteiger partial charge on any atom is -0.492 e. The molecule has 2 rings (SSSR count). The van der Waals surface area contributed by atoms with Crippen LogP contribution in [-0.2, 0) is 14.3 Å². The van der Waals surface area contributed by atoms with E-state index in [0.29, 0.717) is 17.7 Å². The molecule has 3 N–H and O–H groups in total. The number of carboxylic acid groups (broad SMARTS) is 2. The third kappa shape index (κ3) is 9.60. The second-order valence-electron chi connectivity index (χ2n) is 5.94. The lowest BCUT2D eigenvalue weighted by molar-refractivity contribution is -0.159. The highest BCUT2D eigenvalue weighted by Gasteiger charge is 2.14. The molecule has 0 aliphatic carbocycles. The van der Waals surface area contributed by atoms with Crippen LogP contribution in [0.15, 0.2) is 18.2 Å². The number of benzene rings is 1. The first kappa shape index (κ1) is 22.2. The molecule has 0 spiro atoms. The van der Waals surface area contributed by atoms with Gasteiger partial charge in [-0.15, -0.1) is 0 Å². The van der Waals surface area contributed by atoms with Gasteiger partial charge in [0.2, 0.25) is 0 Å². The first-order chi connectivity index (χ1) is 12.4. The molecule has 1 unspecified atom stereocenters. The van der Waals surface area contributed by atoms with Gasteiger partial charge in [0, 0.05) is 13.2 Å². The highest BCUT2D eigenvalue weighted by atomic mass is 35.5. The predicted molar refractivity (Wildman–Crippen MR) is 98.0 cm³/mol. The smallest absolute Gasteiger partial charge is 0.414 e. The Balaban J connectivity index is 0.000000487. The van der Waals surface area contributed by atoms with Crippen molar-refractivity contribution in [1.82, 2.24) is 5.32 Å². The molecular weight excluding hydrogens is 362 g/mol. The summed E-state index contributed by atoms with van der Waals surface area (Å²) < 4.78 is 11.3. The van der Waals surface area contributed by atoms with Crippen LogP contribution in [0.2, 0.25) is 5.02 Å². The lowest BCUT2D eigenvalue weighted by atomic mass is 10.2. The van der Waals surface area contributed by atoms with Crippen LogP contribution in [0.5, 0.6) is 5.75 Å². The maximum Gasteiger partial charge on any atom is 0.414 e. The maximum absolute atomic E-state index is 9.10. The molecule has 146 valence electrons. The van der Waals surface area contributed by atoms with Crippen LogP contribution in [0.4, 0.5) is 0 Å². The number of carboxylic acids is 2. The first-order valence-corrected chi connectivity index (χ1v) is 8.95. The van der Waals surface area contributed by atoms with E-state index >= 15 is 0 Å². The highest BCUT2D eigenvalue weighted by molar-refractivity contribution is 6.32. The zero-order valence-electron chi connectivity index (χ0n) is 14.9. The van der Waals surface area contributed by atoms with Gasteiger partial charge in [0.25, 0.3) is 0 Å². The first-order valence-electron chi connectivity index (χ1n) is 8.57. The van der Waals surface area contributed by atoms with Crippen molar-refractivity contribution in [2.75, 3.05) is 26.3 Å². The standard InChI is InChI=1S/C16H24ClNO2.C2H2O4/c1-13-6-7-15(17)16(11-13)20-9-3-2-8-18-12-14-5-4-10-19-14;3-1(4)2(5)6/h6-7,11,14,18H,2-5,8-10,12H2,1H3;(H,3,4)(H,5,6). The van der Waals surface area contributed by atoms with Crippen molar-refractivity contribution >= 4 is 23.5 Å². The van der Waals surface area contributed by atoms with E-state index in [1.165, 1.54) is 18.4 Å². The number of halogens is 1. The van der Waals surface area contributed by atoms with Crippen molar-refractivity contribution in [1.29, 1.82) is 0 Å². The molecule has 1 saturated heterocycles. The molecule has 1 atom stereocenters. The Labute approximate surface area is 158 Å². The van der Waals surface area contributed by atoms with Gasteiger partial charge >= 0.3 is 11.9 Å². The Hall–Kier alpha value is -1.83. The van der Waals surface area contributed by atoms with E-state index < -0.39 is 11.9 Å². The molecule has 1 heterocycles. The van der Waals surface area contributed by atoms with Gasteiger partial charge in [0.1, 0.15) is 5.75 Å². The van der Waals surface area contributed by atoms with Crippen LogP contribution >= 0.6 is 11.6 Å². The van der Waals surface area contributed by atoms with Crippen LogP contribution < -0.4 is 10.1 Å². The Bertz CT molecular complexity index is 563. The summed E-state index contributed by atoms with van der Waals surface area (Å²) in [4.78, 5) is 18.2. The van der Waals surface area contributed by atoms with E-state index in [1.54, 1.807) is 0 Å². The van der Waals surface area contributed by atoms with Gasteiger partial charge in [-0.05, 0) is 56.8 Å². The molecule has 0 saturated carbocycles. The second kappa shape index (κ2) is 12.5. The number of ether oxygens (including phenoxy) is 2. The summed E-state index contributed by atoms with van der Waals surface area (Å²) >= 11 is 6.08. The van der Waals surface area contributed by atoms with E-state index in [9.17, 15) is 0 Å². The predicted octanol–water partition coefficient (Wildman–Crippen LogP) is 2.73. The van der Waals surface area contributed by atoms with Gasteiger partial charge in [-0.25, -0.2) is 9.59 Å². The number of unbranched alkanes of at least 4 members (excludes halogenated alkanes) is 1. The Morgan fingerprint density at radius 3 is 2.65 bits per heavy atom. The molecule has 1 aromatic rings. The molecule has 26 heavy (non-hydrogen) atoms. The zero-order chi connectivity index (χ0) is 19.4. The molecule has 1 aliphatic heterocycles. The average Bonchev–Trinajstić information content (AvgIpc) is 3.11. The number of hydrogen-bond donors (Lipinski definition) is 3. The molecular formula is C18H26ClNO6.